The second-order valence-electron chi connectivity index (χ2n) is 5.72. The molecule has 0 spiro atoms. The van der Waals surface area contributed by atoms with Crippen LogP contribution in [0.4, 0.5) is 17.6 Å². The first kappa shape index (κ1) is 19.6. The van der Waals surface area contributed by atoms with E-state index in [2.05, 4.69) is 0 Å². The number of rotatable bonds is 6. The predicted octanol–water partition coefficient (Wildman–Crippen LogP) is 4.72. The van der Waals surface area contributed by atoms with Crippen molar-refractivity contribution in [1.29, 1.82) is 0 Å². The number of unbranched alkanes of at least 4 members (excludes halogenated alkanes) is 2. The zero-order valence-corrected chi connectivity index (χ0v) is 14.1. The van der Waals surface area contributed by atoms with Gasteiger partial charge in [-0.3, -0.25) is 14.5 Å². The Morgan fingerprint density at radius 2 is 1.27 bits per heavy atom. The van der Waals surface area contributed by atoms with Crippen LogP contribution in [0.3, 0.4) is 0 Å². The van der Waals surface area contributed by atoms with E-state index in [1.807, 2.05) is 6.92 Å². The summed E-state index contributed by atoms with van der Waals surface area (Å²) in [6.07, 6.45) is 1.83. The second kappa shape index (κ2) is 8.60. The molecule has 0 aliphatic heterocycles. The van der Waals surface area contributed by atoms with Crippen LogP contribution in [-0.2, 0) is 0 Å². The van der Waals surface area contributed by atoms with Crippen molar-refractivity contribution >= 4 is 11.8 Å². The lowest BCUT2D eigenvalue weighted by Crippen LogP contribution is -2.38. The van der Waals surface area contributed by atoms with Gasteiger partial charge in [0.1, 0.15) is 23.3 Å². The summed E-state index contributed by atoms with van der Waals surface area (Å²) >= 11 is 0. The van der Waals surface area contributed by atoms with Crippen LogP contribution in [0.5, 0.6) is 0 Å². The number of halogens is 4. The minimum atomic E-state index is -1.10. The van der Waals surface area contributed by atoms with Crippen molar-refractivity contribution in [3.63, 3.8) is 0 Å². The van der Waals surface area contributed by atoms with Gasteiger partial charge < -0.3 is 0 Å². The maximum Gasteiger partial charge on any atom is 0.263 e. The molecule has 2 amide bonds. The lowest BCUT2D eigenvalue weighted by atomic mass is 10.1. The summed E-state index contributed by atoms with van der Waals surface area (Å²) < 4.78 is 54.6. The molecule has 2 aromatic rings. The summed E-state index contributed by atoms with van der Waals surface area (Å²) in [4.78, 5) is 25.8. The smallest absolute Gasteiger partial charge is 0.263 e. The molecule has 0 aromatic heterocycles. The molecule has 3 nitrogen and oxygen atoms in total. The molecule has 138 valence electrons. The molecular weight excluding hydrogens is 350 g/mol. The molecule has 0 aliphatic rings. The number of amides is 2. The predicted molar refractivity (Wildman–Crippen MR) is 87.6 cm³/mol. The Balaban J connectivity index is 2.42. The second-order valence-corrected chi connectivity index (χ2v) is 5.72. The summed E-state index contributed by atoms with van der Waals surface area (Å²) in [5, 5.41) is 0. The maximum absolute atomic E-state index is 13.9. The maximum atomic E-state index is 13.9. The normalized spacial score (nSPS) is 10.7. The van der Waals surface area contributed by atoms with Crippen molar-refractivity contribution in [2.24, 2.45) is 0 Å². The van der Waals surface area contributed by atoms with Crippen molar-refractivity contribution < 1.29 is 27.2 Å². The number of nitrogens with zero attached hydrogens (tertiary/aromatic N) is 1. The summed E-state index contributed by atoms with van der Waals surface area (Å²) in [6, 6.07) is 4.53. The number of carbonyl (C=O) groups is 2. The summed E-state index contributed by atoms with van der Waals surface area (Å²) in [7, 11) is 0. The monoisotopic (exact) mass is 367 g/mol. The van der Waals surface area contributed by atoms with Gasteiger partial charge in [0, 0.05) is 6.54 Å². The Labute approximate surface area is 148 Å². The van der Waals surface area contributed by atoms with Crippen LogP contribution in [0.25, 0.3) is 0 Å². The molecule has 2 aromatic carbocycles. The van der Waals surface area contributed by atoms with Crippen molar-refractivity contribution in [1.82, 2.24) is 4.90 Å². The van der Waals surface area contributed by atoms with Crippen LogP contribution in [0.1, 0.15) is 46.9 Å². The van der Waals surface area contributed by atoms with Crippen molar-refractivity contribution in [3.05, 3.63) is 70.8 Å². The van der Waals surface area contributed by atoms with E-state index in [0.29, 0.717) is 29.9 Å². The molecule has 0 atom stereocenters. The molecule has 0 fully saturated rings. The van der Waals surface area contributed by atoms with Crippen LogP contribution in [-0.4, -0.2) is 23.3 Å². The lowest BCUT2D eigenvalue weighted by molar-refractivity contribution is 0.0607. The fourth-order valence-electron chi connectivity index (χ4n) is 2.43. The third-order valence-electron chi connectivity index (χ3n) is 3.79. The molecule has 7 heteroatoms. The number of imide groups is 1. The Morgan fingerprint density at radius 3 is 1.69 bits per heavy atom. The molecule has 0 N–H and O–H groups in total. The van der Waals surface area contributed by atoms with E-state index < -0.39 is 46.2 Å². The van der Waals surface area contributed by atoms with E-state index in [-0.39, 0.29) is 6.54 Å². The molecule has 0 radical (unpaired) electrons. The minimum absolute atomic E-state index is 0.128. The Hall–Kier alpha value is -2.70. The van der Waals surface area contributed by atoms with E-state index in [1.54, 1.807) is 0 Å². The number of hydrogen-bond acceptors (Lipinski definition) is 2. The Morgan fingerprint density at radius 1 is 0.808 bits per heavy atom. The number of carbonyl (C=O) groups excluding carboxylic acids is 2. The third-order valence-corrected chi connectivity index (χ3v) is 3.79. The molecule has 2 rings (SSSR count). The van der Waals surface area contributed by atoms with Crippen LogP contribution < -0.4 is 0 Å². The molecule has 0 aliphatic carbocycles. The minimum Gasteiger partial charge on any atom is -0.274 e. The van der Waals surface area contributed by atoms with E-state index in [9.17, 15) is 27.2 Å². The van der Waals surface area contributed by atoms with Crippen LogP contribution in [0.2, 0.25) is 0 Å². The average molecular weight is 367 g/mol. The van der Waals surface area contributed by atoms with Crippen molar-refractivity contribution in [2.75, 3.05) is 6.54 Å². The first-order valence-corrected chi connectivity index (χ1v) is 8.11. The zero-order valence-electron chi connectivity index (χ0n) is 14.1. The van der Waals surface area contributed by atoms with Gasteiger partial charge in [0.2, 0.25) is 0 Å². The standard InChI is InChI=1S/C19H17F4NO2/c1-2-3-4-9-24(18(25)14-10-12(20)5-7-16(14)22)19(26)15-11-13(21)6-8-17(15)23/h5-8,10-11H,2-4,9H2,1H3. The van der Waals surface area contributed by atoms with Gasteiger partial charge in [0.25, 0.3) is 11.8 Å². The van der Waals surface area contributed by atoms with Crippen molar-refractivity contribution in [2.45, 2.75) is 26.2 Å². The van der Waals surface area contributed by atoms with E-state index in [0.717, 1.165) is 30.7 Å². The Kier molecular flexibility index (Phi) is 6.49. The highest BCUT2D eigenvalue weighted by Crippen LogP contribution is 2.18. The third kappa shape index (κ3) is 4.47. The number of hydrogen-bond donors (Lipinski definition) is 0. The highest BCUT2D eigenvalue weighted by molar-refractivity contribution is 6.10. The molecule has 0 heterocycles. The van der Waals surface area contributed by atoms with E-state index >= 15 is 0 Å². The molecule has 0 unspecified atom stereocenters. The van der Waals surface area contributed by atoms with Gasteiger partial charge >= 0.3 is 0 Å². The lowest BCUT2D eigenvalue weighted by Gasteiger charge is -2.21. The van der Waals surface area contributed by atoms with Gasteiger partial charge in [0.15, 0.2) is 0 Å². The Bertz CT molecular complexity index is 760. The first-order valence-electron chi connectivity index (χ1n) is 8.11. The molecular formula is C19H17F4NO2. The van der Waals surface area contributed by atoms with Gasteiger partial charge in [-0.15, -0.1) is 0 Å². The van der Waals surface area contributed by atoms with Crippen molar-refractivity contribution in [3.8, 4) is 0 Å². The van der Waals surface area contributed by atoms with E-state index in [1.165, 1.54) is 0 Å². The fraction of sp³-hybridized carbons (Fsp3) is 0.263. The quantitative estimate of drug-likeness (QED) is 0.421. The highest BCUT2D eigenvalue weighted by Gasteiger charge is 2.28. The topological polar surface area (TPSA) is 37.4 Å². The largest absolute Gasteiger partial charge is 0.274 e. The molecule has 0 bridgehead atoms. The molecule has 26 heavy (non-hydrogen) atoms. The van der Waals surface area contributed by atoms with Gasteiger partial charge in [0.05, 0.1) is 11.1 Å². The molecule has 0 saturated heterocycles. The molecule has 0 saturated carbocycles. The first-order chi connectivity index (χ1) is 12.3. The van der Waals surface area contributed by atoms with E-state index in [4.69, 9.17) is 0 Å². The number of benzene rings is 2. The fourth-order valence-corrected chi connectivity index (χ4v) is 2.43. The summed E-state index contributed by atoms with van der Waals surface area (Å²) in [6.45, 7) is 1.77. The summed E-state index contributed by atoms with van der Waals surface area (Å²) in [5.41, 5.74) is -1.29. The van der Waals surface area contributed by atoms with Crippen LogP contribution >= 0.6 is 0 Å². The van der Waals surface area contributed by atoms with Gasteiger partial charge in [-0.25, -0.2) is 17.6 Å². The van der Waals surface area contributed by atoms with Gasteiger partial charge in [-0.2, -0.15) is 0 Å². The van der Waals surface area contributed by atoms with Gasteiger partial charge in [-0.1, -0.05) is 19.8 Å². The van der Waals surface area contributed by atoms with Crippen LogP contribution in [0.15, 0.2) is 36.4 Å². The summed E-state index contributed by atoms with van der Waals surface area (Å²) in [5.74, 6) is -5.94. The SMILES string of the molecule is CCCCCN(C(=O)c1cc(F)ccc1F)C(=O)c1cc(F)ccc1F. The highest BCUT2D eigenvalue weighted by atomic mass is 19.1. The average Bonchev–Trinajstić information content (AvgIpc) is 2.62. The van der Waals surface area contributed by atoms with Crippen LogP contribution in [0, 0.1) is 23.3 Å². The van der Waals surface area contributed by atoms with Gasteiger partial charge in [-0.05, 0) is 42.8 Å². The zero-order chi connectivity index (χ0) is 19.3.